The van der Waals surface area contributed by atoms with Crippen LogP contribution in [0.4, 0.5) is 0 Å². The molecule has 5 N–H and O–H groups in total. The Hall–Kier alpha value is -0.320. The van der Waals surface area contributed by atoms with Crippen LogP contribution in [0.5, 0.6) is 0 Å². The zero-order valence-corrected chi connectivity index (χ0v) is 12.1. The minimum Gasteiger partial charge on any atom is -0.394 e. The van der Waals surface area contributed by atoms with E-state index in [1.54, 1.807) is 0 Å². The molecule has 6 unspecified atom stereocenters. The molecule has 0 amide bonds. The topological polar surface area (TPSA) is 120 Å². The largest absolute Gasteiger partial charge is 0.394 e. The summed E-state index contributed by atoms with van der Waals surface area (Å²) in [6.07, 6.45) is -7.23. The van der Waals surface area contributed by atoms with Crippen LogP contribution in [0.1, 0.15) is 0 Å². The minimum absolute atomic E-state index is 0.103. The van der Waals surface area contributed by atoms with Crippen molar-refractivity contribution < 1.29 is 39.5 Å². The predicted molar refractivity (Wildman–Crippen MR) is 68.6 cm³/mol. The molecule has 1 fully saturated rings. The Labute approximate surface area is 118 Å². The Morgan fingerprint density at radius 1 is 1.15 bits per heavy atom. The Morgan fingerprint density at radius 2 is 1.75 bits per heavy atom. The van der Waals surface area contributed by atoms with Crippen molar-refractivity contribution in [1.82, 2.24) is 0 Å². The molecule has 1 aliphatic heterocycles. The first-order chi connectivity index (χ1) is 9.15. The number of quaternary nitrogens is 1. The summed E-state index contributed by atoms with van der Waals surface area (Å²) in [5, 5.41) is 48.0. The number of ether oxygens (including phenoxy) is 2. The quantitative estimate of drug-likeness (QED) is 0.329. The van der Waals surface area contributed by atoms with Gasteiger partial charge in [-0.3, -0.25) is 0 Å². The Bertz CT molecular complexity index is 296. The molecular weight excluding hydrogens is 270 g/mol. The average molecular weight is 296 g/mol. The van der Waals surface area contributed by atoms with Crippen molar-refractivity contribution in [2.45, 2.75) is 36.8 Å². The first-order valence-electron chi connectivity index (χ1n) is 6.56. The summed E-state index contributed by atoms with van der Waals surface area (Å²) < 4.78 is 10.7. The monoisotopic (exact) mass is 296 g/mol. The van der Waals surface area contributed by atoms with Crippen LogP contribution in [0.2, 0.25) is 0 Å². The van der Waals surface area contributed by atoms with Crippen molar-refractivity contribution >= 4 is 0 Å². The zero-order chi connectivity index (χ0) is 15.5. The van der Waals surface area contributed by atoms with Crippen molar-refractivity contribution in [1.29, 1.82) is 0 Å². The molecule has 8 heteroatoms. The highest BCUT2D eigenvalue weighted by Gasteiger charge is 2.44. The van der Waals surface area contributed by atoms with E-state index < -0.39 is 43.4 Å². The highest BCUT2D eigenvalue weighted by atomic mass is 16.7. The second kappa shape index (κ2) is 7.10. The summed E-state index contributed by atoms with van der Waals surface area (Å²) in [4.78, 5) is 0. The predicted octanol–water partition coefficient (Wildman–Crippen LogP) is -3.13. The molecule has 0 aromatic heterocycles. The second-order valence-corrected chi connectivity index (χ2v) is 6.15. The molecule has 6 atom stereocenters. The van der Waals surface area contributed by atoms with Gasteiger partial charge in [-0.1, -0.05) is 0 Å². The third-order valence-corrected chi connectivity index (χ3v) is 3.08. The molecule has 1 aliphatic rings. The summed E-state index contributed by atoms with van der Waals surface area (Å²) in [5.74, 6) is 0. The van der Waals surface area contributed by atoms with Crippen LogP contribution < -0.4 is 0 Å². The molecular formula is C12H26NO7+. The number of aliphatic hydroxyl groups excluding tert-OH is 5. The summed E-state index contributed by atoms with van der Waals surface area (Å²) in [6.45, 7) is -0.193. The van der Waals surface area contributed by atoms with Gasteiger partial charge in [-0.25, -0.2) is 0 Å². The van der Waals surface area contributed by atoms with Crippen molar-refractivity contribution in [3.8, 4) is 0 Å². The lowest BCUT2D eigenvalue weighted by Crippen LogP contribution is -2.59. The summed E-state index contributed by atoms with van der Waals surface area (Å²) in [5.41, 5.74) is 0. The fourth-order valence-electron chi connectivity index (χ4n) is 2.16. The first kappa shape index (κ1) is 17.7. The van der Waals surface area contributed by atoms with Crippen molar-refractivity contribution in [2.75, 3.05) is 40.9 Å². The van der Waals surface area contributed by atoms with Crippen LogP contribution >= 0.6 is 0 Å². The summed E-state index contributed by atoms with van der Waals surface area (Å²) in [6, 6.07) is 0. The fraction of sp³-hybridized carbons (Fsp3) is 1.00. The number of aliphatic hydroxyl groups is 5. The van der Waals surface area contributed by atoms with Crippen LogP contribution in [0.15, 0.2) is 0 Å². The van der Waals surface area contributed by atoms with Crippen LogP contribution in [-0.2, 0) is 9.47 Å². The molecule has 1 saturated heterocycles. The Kier molecular flexibility index (Phi) is 6.29. The van der Waals surface area contributed by atoms with Gasteiger partial charge in [-0.05, 0) is 0 Å². The van der Waals surface area contributed by atoms with Gasteiger partial charge in [0, 0.05) is 0 Å². The third-order valence-electron chi connectivity index (χ3n) is 3.08. The van der Waals surface area contributed by atoms with Gasteiger partial charge in [0.05, 0.1) is 34.4 Å². The number of hydrogen-bond acceptors (Lipinski definition) is 7. The molecule has 0 aliphatic carbocycles. The third kappa shape index (κ3) is 4.90. The molecule has 0 spiro atoms. The highest BCUT2D eigenvalue weighted by Crippen LogP contribution is 2.22. The Balaban J connectivity index is 2.50. The maximum Gasteiger partial charge on any atom is 0.184 e. The van der Waals surface area contributed by atoms with Gasteiger partial charge in [0.1, 0.15) is 37.1 Å². The molecule has 120 valence electrons. The normalized spacial score (nSPS) is 36.9. The molecule has 8 nitrogen and oxygen atoms in total. The zero-order valence-electron chi connectivity index (χ0n) is 12.1. The SMILES string of the molecule is C[N+](C)(C)CC(O)COC1C(O)OC(CO)C(O)C1O. The molecule has 0 aromatic rings. The molecule has 0 aromatic carbocycles. The molecule has 0 radical (unpaired) electrons. The van der Waals surface area contributed by atoms with Gasteiger partial charge < -0.3 is 39.5 Å². The van der Waals surface area contributed by atoms with Crippen molar-refractivity contribution in [3.63, 3.8) is 0 Å². The number of hydrogen-bond donors (Lipinski definition) is 5. The van der Waals surface area contributed by atoms with Crippen molar-refractivity contribution in [3.05, 3.63) is 0 Å². The van der Waals surface area contributed by atoms with Crippen LogP contribution in [-0.4, -0.2) is 108 Å². The van der Waals surface area contributed by atoms with E-state index in [0.29, 0.717) is 11.0 Å². The first-order valence-corrected chi connectivity index (χ1v) is 6.56. The lowest BCUT2D eigenvalue weighted by Gasteiger charge is -2.40. The van der Waals surface area contributed by atoms with Crippen LogP contribution in [0.3, 0.4) is 0 Å². The maximum absolute atomic E-state index is 9.84. The smallest absolute Gasteiger partial charge is 0.184 e. The highest BCUT2D eigenvalue weighted by molar-refractivity contribution is 4.89. The van der Waals surface area contributed by atoms with E-state index in [2.05, 4.69) is 0 Å². The van der Waals surface area contributed by atoms with Gasteiger partial charge in [0.25, 0.3) is 0 Å². The fourth-order valence-corrected chi connectivity index (χ4v) is 2.16. The standard InChI is InChI=1S/C12H26NO7/c1-13(2,3)4-7(15)6-19-11-10(17)9(16)8(5-14)20-12(11)18/h7-12,14-18H,4-6H2,1-3H3/q+1. The van der Waals surface area contributed by atoms with Gasteiger partial charge in [0.2, 0.25) is 0 Å². The lowest BCUT2D eigenvalue weighted by atomic mass is 9.99. The molecule has 1 rings (SSSR count). The van der Waals surface area contributed by atoms with E-state index in [0.717, 1.165) is 0 Å². The number of likely N-dealkylation sites (N-methyl/N-ethyl adjacent to an activating group) is 1. The minimum atomic E-state index is -1.47. The van der Waals surface area contributed by atoms with Gasteiger partial charge in [-0.2, -0.15) is 0 Å². The Morgan fingerprint density at radius 3 is 2.25 bits per heavy atom. The molecule has 20 heavy (non-hydrogen) atoms. The second-order valence-electron chi connectivity index (χ2n) is 6.15. The van der Waals surface area contributed by atoms with E-state index in [1.807, 2.05) is 21.1 Å². The molecule has 0 bridgehead atoms. The summed E-state index contributed by atoms with van der Waals surface area (Å²) in [7, 11) is 5.73. The van der Waals surface area contributed by atoms with Gasteiger partial charge in [-0.15, -0.1) is 0 Å². The van der Waals surface area contributed by atoms with Gasteiger partial charge >= 0.3 is 0 Å². The van der Waals surface area contributed by atoms with E-state index in [9.17, 15) is 20.4 Å². The van der Waals surface area contributed by atoms with Crippen molar-refractivity contribution in [2.24, 2.45) is 0 Å². The van der Waals surface area contributed by atoms with E-state index in [-0.39, 0.29) is 6.61 Å². The van der Waals surface area contributed by atoms with E-state index in [4.69, 9.17) is 14.6 Å². The average Bonchev–Trinajstić information content (AvgIpc) is 2.31. The van der Waals surface area contributed by atoms with E-state index in [1.165, 1.54) is 0 Å². The van der Waals surface area contributed by atoms with Gasteiger partial charge in [0.15, 0.2) is 6.29 Å². The molecule has 1 heterocycles. The van der Waals surface area contributed by atoms with Crippen LogP contribution in [0, 0.1) is 0 Å². The van der Waals surface area contributed by atoms with Crippen LogP contribution in [0.25, 0.3) is 0 Å². The number of rotatable bonds is 6. The summed E-state index contributed by atoms with van der Waals surface area (Å²) >= 11 is 0. The lowest BCUT2D eigenvalue weighted by molar-refractivity contribution is -0.873. The molecule has 0 saturated carbocycles. The maximum atomic E-state index is 9.84. The number of nitrogens with zero attached hydrogens (tertiary/aromatic N) is 1. The van der Waals surface area contributed by atoms with E-state index >= 15 is 0 Å².